The van der Waals surface area contributed by atoms with E-state index in [-0.39, 0.29) is 0 Å². The molecular formula is C8H15O11P. The molecule has 0 aromatic heterocycles. The van der Waals surface area contributed by atoms with Gasteiger partial charge in [-0.25, -0.2) is 9.36 Å². The highest BCUT2D eigenvalue weighted by atomic mass is 31.2. The highest BCUT2D eigenvalue weighted by molar-refractivity contribution is 7.46. The lowest BCUT2D eigenvalue weighted by molar-refractivity contribution is -0.308. The SMILES string of the molecule is O=C(O)C1(O)C[C@@H](O)[C@@H](O)[C@@H]([C@H](O)COP(=O)(O)O)O1. The number of carboxylic acids is 1. The van der Waals surface area contributed by atoms with Crippen molar-refractivity contribution in [1.29, 1.82) is 0 Å². The van der Waals surface area contributed by atoms with Gasteiger partial charge in [0.15, 0.2) is 0 Å². The smallest absolute Gasteiger partial charge is 0.469 e. The van der Waals surface area contributed by atoms with Crippen molar-refractivity contribution in [1.82, 2.24) is 0 Å². The molecule has 0 aromatic carbocycles. The van der Waals surface area contributed by atoms with E-state index >= 15 is 0 Å². The number of ether oxygens (including phenoxy) is 1. The zero-order chi connectivity index (χ0) is 15.7. The normalized spacial score (nSPS) is 36.6. The molecule has 1 heterocycles. The van der Waals surface area contributed by atoms with Gasteiger partial charge in [-0.1, -0.05) is 0 Å². The third-order valence-electron chi connectivity index (χ3n) is 2.67. The van der Waals surface area contributed by atoms with Crippen molar-refractivity contribution in [3.8, 4) is 0 Å². The van der Waals surface area contributed by atoms with Gasteiger partial charge in [0.1, 0.15) is 18.3 Å². The summed E-state index contributed by atoms with van der Waals surface area (Å²) in [5, 5.41) is 46.9. The number of carbonyl (C=O) groups is 1. The van der Waals surface area contributed by atoms with Gasteiger partial charge in [0, 0.05) is 6.42 Å². The van der Waals surface area contributed by atoms with E-state index in [1.54, 1.807) is 0 Å². The first-order chi connectivity index (χ1) is 8.96. The van der Waals surface area contributed by atoms with Gasteiger partial charge in [0.2, 0.25) is 0 Å². The zero-order valence-electron chi connectivity index (χ0n) is 9.93. The van der Waals surface area contributed by atoms with Crippen molar-refractivity contribution >= 4 is 13.8 Å². The summed E-state index contributed by atoms with van der Waals surface area (Å²) in [4.78, 5) is 27.7. The molecule has 1 aliphatic heterocycles. The van der Waals surface area contributed by atoms with Crippen LogP contribution in [0.4, 0.5) is 0 Å². The Morgan fingerprint density at radius 3 is 2.45 bits per heavy atom. The third-order valence-corrected chi connectivity index (χ3v) is 3.16. The van der Waals surface area contributed by atoms with E-state index < -0.39 is 57.0 Å². The van der Waals surface area contributed by atoms with E-state index in [2.05, 4.69) is 9.26 Å². The van der Waals surface area contributed by atoms with Crippen molar-refractivity contribution in [3.63, 3.8) is 0 Å². The molecule has 5 atom stereocenters. The molecule has 20 heavy (non-hydrogen) atoms. The van der Waals surface area contributed by atoms with Gasteiger partial charge in [-0.05, 0) is 0 Å². The Morgan fingerprint density at radius 2 is 2.00 bits per heavy atom. The van der Waals surface area contributed by atoms with Crippen molar-refractivity contribution < 1.29 is 53.9 Å². The lowest BCUT2D eigenvalue weighted by Gasteiger charge is -2.41. The van der Waals surface area contributed by atoms with E-state index in [4.69, 9.17) is 14.9 Å². The van der Waals surface area contributed by atoms with E-state index in [0.29, 0.717) is 0 Å². The van der Waals surface area contributed by atoms with Gasteiger partial charge in [-0.3, -0.25) is 4.52 Å². The van der Waals surface area contributed by atoms with E-state index in [1.807, 2.05) is 0 Å². The van der Waals surface area contributed by atoms with E-state index in [1.165, 1.54) is 0 Å². The van der Waals surface area contributed by atoms with Crippen LogP contribution in [-0.2, 0) is 18.6 Å². The lowest BCUT2D eigenvalue weighted by Crippen LogP contribution is -2.61. The monoisotopic (exact) mass is 318 g/mol. The Kier molecular flexibility index (Phi) is 5.24. The maximum absolute atomic E-state index is 10.8. The molecule has 1 aliphatic rings. The van der Waals surface area contributed by atoms with Crippen LogP contribution in [0.3, 0.4) is 0 Å². The molecule has 11 nitrogen and oxygen atoms in total. The Labute approximate surface area is 112 Å². The molecule has 0 bridgehead atoms. The summed E-state index contributed by atoms with van der Waals surface area (Å²) in [7, 11) is -4.90. The number of hydrogen-bond acceptors (Lipinski definition) is 8. The lowest BCUT2D eigenvalue weighted by atomic mass is 9.93. The minimum atomic E-state index is -4.90. The van der Waals surface area contributed by atoms with Gasteiger partial charge in [0.05, 0.1) is 12.7 Å². The second-order valence-corrected chi connectivity index (χ2v) is 5.53. The number of carboxylic acid groups (broad SMARTS) is 1. The molecule has 1 fully saturated rings. The first-order valence-electron chi connectivity index (χ1n) is 5.34. The van der Waals surface area contributed by atoms with Crippen LogP contribution in [0.1, 0.15) is 6.42 Å². The number of aliphatic carboxylic acids is 1. The molecule has 0 aromatic rings. The summed E-state index contributed by atoms with van der Waals surface area (Å²) >= 11 is 0. The Hall–Kier alpha value is -0.620. The van der Waals surface area contributed by atoms with Gasteiger partial charge in [-0.15, -0.1) is 0 Å². The fourth-order valence-electron chi connectivity index (χ4n) is 1.68. The van der Waals surface area contributed by atoms with Crippen LogP contribution in [0.5, 0.6) is 0 Å². The molecule has 1 saturated heterocycles. The van der Waals surface area contributed by atoms with Gasteiger partial charge < -0.3 is 40.1 Å². The minimum absolute atomic E-state index is 0.841. The summed E-state index contributed by atoms with van der Waals surface area (Å²) in [5.74, 6) is -4.69. The number of hydrogen-bond donors (Lipinski definition) is 7. The fraction of sp³-hybridized carbons (Fsp3) is 0.875. The van der Waals surface area contributed by atoms with E-state index in [0.717, 1.165) is 0 Å². The molecule has 0 spiro atoms. The van der Waals surface area contributed by atoms with Gasteiger partial charge in [0.25, 0.3) is 5.79 Å². The molecule has 0 radical (unpaired) electrons. The Balaban J connectivity index is 2.80. The molecule has 0 saturated carbocycles. The van der Waals surface area contributed by atoms with Crippen molar-refractivity contribution in [2.45, 2.75) is 36.6 Å². The average molecular weight is 318 g/mol. The largest absolute Gasteiger partial charge is 0.477 e. The van der Waals surface area contributed by atoms with Crippen LogP contribution in [0.2, 0.25) is 0 Å². The standard InChI is InChI=1S/C8H15O11P/c9-3-1-8(14,7(12)13)19-6(5(3)11)4(10)2-18-20(15,16)17/h3-6,9-11,14H,1-2H2,(H,12,13)(H2,15,16,17)/t3-,4-,5-,6-,8?/m1/s1. The highest BCUT2D eigenvalue weighted by Crippen LogP contribution is 2.37. The Morgan fingerprint density at radius 1 is 1.45 bits per heavy atom. The molecule has 1 rings (SSSR count). The molecule has 0 amide bonds. The molecule has 1 unspecified atom stereocenters. The maximum Gasteiger partial charge on any atom is 0.469 e. The minimum Gasteiger partial charge on any atom is -0.477 e. The number of aliphatic hydroxyl groups is 4. The second-order valence-electron chi connectivity index (χ2n) is 4.29. The van der Waals surface area contributed by atoms with Crippen molar-refractivity contribution in [2.75, 3.05) is 6.61 Å². The van der Waals surface area contributed by atoms with Crippen LogP contribution in [0.25, 0.3) is 0 Å². The first-order valence-corrected chi connectivity index (χ1v) is 6.87. The highest BCUT2D eigenvalue weighted by Gasteiger charge is 2.52. The summed E-state index contributed by atoms with van der Waals surface area (Å²) in [6.07, 6.45) is -8.04. The van der Waals surface area contributed by atoms with E-state index in [9.17, 15) is 29.8 Å². The van der Waals surface area contributed by atoms with Crippen molar-refractivity contribution in [3.05, 3.63) is 0 Å². The van der Waals surface area contributed by atoms with Crippen LogP contribution in [0.15, 0.2) is 0 Å². The molecule has 0 aliphatic carbocycles. The van der Waals surface area contributed by atoms with Crippen LogP contribution in [0, 0.1) is 0 Å². The topological polar surface area (TPSA) is 194 Å². The average Bonchev–Trinajstić information content (AvgIpc) is 2.29. The summed E-state index contributed by atoms with van der Waals surface area (Å²) < 4.78 is 19.0. The van der Waals surface area contributed by atoms with Gasteiger partial charge in [-0.2, -0.15) is 0 Å². The molecular weight excluding hydrogens is 303 g/mol. The first kappa shape index (κ1) is 17.4. The predicted octanol–water partition coefficient (Wildman–Crippen LogP) is -3.26. The molecule has 118 valence electrons. The van der Waals surface area contributed by atoms with Crippen molar-refractivity contribution in [2.24, 2.45) is 0 Å². The molecule has 12 heteroatoms. The number of rotatable bonds is 5. The second kappa shape index (κ2) is 6.02. The summed E-state index contributed by atoms with van der Waals surface area (Å²) in [5.41, 5.74) is 0. The summed E-state index contributed by atoms with van der Waals surface area (Å²) in [6.45, 7) is -1.01. The Bertz CT molecular complexity index is 407. The van der Waals surface area contributed by atoms with Crippen LogP contribution in [-0.4, -0.2) is 78.1 Å². The van der Waals surface area contributed by atoms with Crippen LogP contribution < -0.4 is 0 Å². The number of phosphoric ester groups is 1. The molecule has 7 N–H and O–H groups in total. The predicted molar refractivity (Wildman–Crippen MR) is 58.1 cm³/mol. The van der Waals surface area contributed by atoms with Crippen LogP contribution >= 0.6 is 7.82 Å². The quantitative estimate of drug-likeness (QED) is 0.251. The number of phosphoric acid groups is 1. The zero-order valence-corrected chi connectivity index (χ0v) is 10.8. The number of aliphatic hydroxyl groups excluding tert-OH is 3. The maximum atomic E-state index is 10.8. The third kappa shape index (κ3) is 4.19. The van der Waals surface area contributed by atoms with Gasteiger partial charge >= 0.3 is 13.8 Å². The fourth-order valence-corrected chi connectivity index (χ4v) is 2.03. The summed E-state index contributed by atoms with van der Waals surface area (Å²) in [6, 6.07) is 0.